The quantitative estimate of drug-likeness (QED) is 0.837. The Morgan fingerprint density at radius 3 is 2.62 bits per heavy atom. The lowest BCUT2D eigenvalue weighted by Crippen LogP contribution is -2.43. The van der Waals surface area contributed by atoms with Gasteiger partial charge in [-0.05, 0) is 37.3 Å². The third-order valence-electron chi connectivity index (χ3n) is 5.63. The third-order valence-corrected chi connectivity index (χ3v) is 5.63. The van der Waals surface area contributed by atoms with Gasteiger partial charge in [-0.25, -0.2) is 0 Å². The van der Waals surface area contributed by atoms with Gasteiger partial charge in [-0.15, -0.1) is 0 Å². The number of amides is 1. The molecule has 144 valence electrons. The highest BCUT2D eigenvalue weighted by Gasteiger charge is 2.39. The minimum Gasteiger partial charge on any atom is -0.364 e. The minimum atomic E-state index is -4.37. The average molecular weight is 370 g/mol. The number of alkyl halides is 3. The normalized spacial score (nSPS) is 25.4. The van der Waals surface area contributed by atoms with Crippen molar-refractivity contribution in [2.45, 2.75) is 62.3 Å². The van der Waals surface area contributed by atoms with Gasteiger partial charge in [0.1, 0.15) is 6.10 Å². The van der Waals surface area contributed by atoms with E-state index in [1.54, 1.807) is 6.07 Å². The summed E-state index contributed by atoms with van der Waals surface area (Å²) in [6, 6.07) is 5.51. The van der Waals surface area contributed by atoms with E-state index in [2.05, 4.69) is 5.32 Å². The highest BCUT2D eigenvalue weighted by atomic mass is 19.4. The highest BCUT2D eigenvalue weighted by molar-refractivity contribution is 5.81. The summed E-state index contributed by atoms with van der Waals surface area (Å²) in [4.78, 5) is 12.4. The second-order valence-electron chi connectivity index (χ2n) is 7.34. The first-order valence-electron chi connectivity index (χ1n) is 9.15. The number of hydrogen-bond acceptors (Lipinski definition) is 3. The van der Waals surface area contributed by atoms with Crippen molar-refractivity contribution in [2.24, 2.45) is 5.73 Å². The summed E-state index contributed by atoms with van der Waals surface area (Å²) in [7, 11) is 0. The zero-order valence-electron chi connectivity index (χ0n) is 14.6. The maximum atomic E-state index is 13.1. The Kier molecular flexibility index (Phi) is 5.58. The van der Waals surface area contributed by atoms with Crippen LogP contribution in [0.1, 0.15) is 49.7 Å². The lowest BCUT2D eigenvalue weighted by Gasteiger charge is -2.31. The van der Waals surface area contributed by atoms with Crippen LogP contribution in [0.4, 0.5) is 13.2 Å². The van der Waals surface area contributed by atoms with Crippen LogP contribution >= 0.6 is 0 Å². The first-order valence-corrected chi connectivity index (χ1v) is 9.15. The Hall–Kier alpha value is -1.60. The second kappa shape index (κ2) is 7.56. The summed E-state index contributed by atoms with van der Waals surface area (Å²) in [5.41, 5.74) is 5.13. The van der Waals surface area contributed by atoms with Crippen molar-refractivity contribution in [2.75, 3.05) is 13.1 Å². The van der Waals surface area contributed by atoms with E-state index in [0.717, 1.165) is 38.2 Å². The molecule has 1 saturated heterocycles. The molecule has 7 heteroatoms. The molecule has 2 fully saturated rings. The smallest absolute Gasteiger partial charge is 0.364 e. The molecule has 2 aliphatic rings. The fourth-order valence-corrected chi connectivity index (χ4v) is 4.09. The average Bonchev–Trinajstić information content (AvgIpc) is 3.29. The van der Waals surface area contributed by atoms with Crippen LogP contribution in [0.25, 0.3) is 0 Å². The number of rotatable bonds is 5. The molecule has 1 aliphatic heterocycles. The highest BCUT2D eigenvalue weighted by Crippen LogP contribution is 2.42. The van der Waals surface area contributed by atoms with Gasteiger partial charge in [-0.2, -0.15) is 13.2 Å². The largest absolute Gasteiger partial charge is 0.416 e. The third kappa shape index (κ3) is 4.04. The number of halogens is 3. The molecule has 1 aromatic carbocycles. The molecule has 3 rings (SSSR count). The zero-order valence-corrected chi connectivity index (χ0v) is 14.6. The first kappa shape index (κ1) is 19.2. The van der Waals surface area contributed by atoms with E-state index in [-0.39, 0.29) is 12.0 Å². The van der Waals surface area contributed by atoms with Crippen LogP contribution in [-0.4, -0.2) is 31.2 Å². The number of benzene rings is 1. The predicted molar refractivity (Wildman–Crippen MR) is 91.5 cm³/mol. The number of carbonyl (C=O) groups excluding carboxylic acids is 1. The molecule has 0 aromatic heterocycles. The molecule has 0 unspecified atom stereocenters. The van der Waals surface area contributed by atoms with Gasteiger partial charge < -0.3 is 15.8 Å². The van der Waals surface area contributed by atoms with Crippen LogP contribution in [0.15, 0.2) is 24.3 Å². The van der Waals surface area contributed by atoms with Gasteiger partial charge in [-0.3, -0.25) is 4.79 Å². The van der Waals surface area contributed by atoms with Crippen LogP contribution in [0, 0.1) is 0 Å². The predicted octanol–water partition coefficient (Wildman–Crippen LogP) is 3.14. The molecule has 0 spiro atoms. The van der Waals surface area contributed by atoms with E-state index in [0.29, 0.717) is 25.1 Å². The van der Waals surface area contributed by atoms with Gasteiger partial charge in [0.25, 0.3) is 0 Å². The molecular weight excluding hydrogens is 345 g/mol. The van der Waals surface area contributed by atoms with Crippen molar-refractivity contribution in [3.8, 4) is 0 Å². The molecule has 1 amide bonds. The molecule has 1 heterocycles. The van der Waals surface area contributed by atoms with E-state index in [1.165, 1.54) is 12.1 Å². The summed E-state index contributed by atoms with van der Waals surface area (Å²) in [6.45, 7) is 0.720. The zero-order chi connectivity index (χ0) is 18.8. The van der Waals surface area contributed by atoms with Crippen molar-refractivity contribution >= 4 is 5.91 Å². The SMILES string of the molecule is NC[C@H]1CC[C@@H](C(=O)NCC2(c3cccc(C(F)(F)F)c3)CCCC2)O1. The molecule has 4 nitrogen and oxygen atoms in total. The van der Waals surface area contributed by atoms with Gasteiger partial charge in [-0.1, -0.05) is 31.0 Å². The van der Waals surface area contributed by atoms with Crippen molar-refractivity contribution in [1.29, 1.82) is 0 Å². The molecule has 1 aliphatic carbocycles. The van der Waals surface area contributed by atoms with Gasteiger partial charge >= 0.3 is 6.18 Å². The molecule has 1 saturated carbocycles. The lowest BCUT2D eigenvalue weighted by molar-refractivity contribution is -0.137. The van der Waals surface area contributed by atoms with Gasteiger partial charge in [0.15, 0.2) is 0 Å². The van der Waals surface area contributed by atoms with Crippen LogP contribution in [-0.2, 0) is 21.1 Å². The van der Waals surface area contributed by atoms with Crippen LogP contribution in [0.5, 0.6) is 0 Å². The monoisotopic (exact) mass is 370 g/mol. The first-order chi connectivity index (χ1) is 12.3. The minimum absolute atomic E-state index is 0.0883. The Labute approximate surface area is 151 Å². The molecule has 26 heavy (non-hydrogen) atoms. The van der Waals surface area contributed by atoms with Gasteiger partial charge in [0.05, 0.1) is 11.7 Å². The van der Waals surface area contributed by atoms with E-state index in [1.807, 2.05) is 0 Å². The summed E-state index contributed by atoms with van der Waals surface area (Å²) in [6.07, 6.45) is -0.149. The molecule has 0 bridgehead atoms. The van der Waals surface area contributed by atoms with Crippen LogP contribution < -0.4 is 11.1 Å². The summed E-state index contributed by atoms with van der Waals surface area (Å²) >= 11 is 0. The Balaban J connectivity index is 1.72. The number of nitrogens with one attached hydrogen (secondary N) is 1. The standard InChI is InChI=1S/C19H25F3N2O2/c20-19(21,22)14-5-3-4-13(10-14)18(8-1-2-9-18)12-24-17(25)16-7-6-15(11-23)26-16/h3-5,10,15-16H,1-2,6-9,11-12,23H2,(H,24,25)/t15-,16+/m1/s1. The van der Waals surface area contributed by atoms with E-state index in [4.69, 9.17) is 10.5 Å². The molecular formula is C19H25F3N2O2. The van der Waals surface area contributed by atoms with E-state index >= 15 is 0 Å². The number of ether oxygens (including phenoxy) is 1. The van der Waals surface area contributed by atoms with Crippen LogP contribution in [0.2, 0.25) is 0 Å². The molecule has 3 N–H and O–H groups in total. The van der Waals surface area contributed by atoms with Gasteiger partial charge in [0.2, 0.25) is 5.91 Å². The number of nitrogens with two attached hydrogens (primary N) is 1. The van der Waals surface area contributed by atoms with E-state index in [9.17, 15) is 18.0 Å². The van der Waals surface area contributed by atoms with Crippen molar-refractivity contribution in [1.82, 2.24) is 5.32 Å². The summed E-state index contributed by atoms with van der Waals surface area (Å²) in [5, 5.41) is 2.92. The van der Waals surface area contributed by atoms with Crippen LogP contribution in [0.3, 0.4) is 0 Å². The number of hydrogen-bond donors (Lipinski definition) is 2. The summed E-state index contributed by atoms with van der Waals surface area (Å²) < 4.78 is 44.8. The van der Waals surface area contributed by atoms with Gasteiger partial charge in [0, 0.05) is 18.5 Å². The van der Waals surface area contributed by atoms with Crippen molar-refractivity contribution < 1.29 is 22.7 Å². The van der Waals surface area contributed by atoms with Crippen molar-refractivity contribution in [3.63, 3.8) is 0 Å². The maximum absolute atomic E-state index is 13.1. The molecule has 2 atom stereocenters. The maximum Gasteiger partial charge on any atom is 0.416 e. The Bertz CT molecular complexity index is 642. The lowest BCUT2D eigenvalue weighted by atomic mass is 9.78. The fraction of sp³-hybridized carbons (Fsp3) is 0.632. The molecule has 1 aromatic rings. The Morgan fingerprint density at radius 2 is 2.00 bits per heavy atom. The Morgan fingerprint density at radius 1 is 1.27 bits per heavy atom. The number of carbonyl (C=O) groups is 1. The molecule has 0 radical (unpaired) electrons. The summed E-state index contributed by atoms with van der Waals surface area (Å²) in [5.74, 6) is -0.195. The fourth-order valence-electron chi connectivity index (χ4n) is 4.09. The second-order valence-corrected chi connectivity index (χ2v) is 7.34. The topological polar surface area (TPSA) is 64.4 Å². The van der Waals surface area contributed by atoms with E-state index < -0.39 is 23.3 Å². The van der Waals surface area contributed by atoms with Crippen molar-refractivity contribution in [3.05, 3.63) is 35.4 Å².